The van der Waals surface area contributed by atoms with Crippen LogP contribution < -0.4 is 5.73 Å². The molecule has 3 heteroatoms. The highest BCUT2D eigenvalue weighted by Gasteiger charge is 2.35. The van der Waals surface area contributed by atoms with Gasteiger partial charge in [0.05, 0.1) is 18.1 Å². The molecule has 0 rings (SSSR count). The van der Waals surface area contributed by atoms with Crippen LogP contribution in [0.25, 0.3) is 0 Å². The molecular weight excluding hydrogens is 262 g/mol. The lowest BCUT2D eigenvalue weighted by Crippen LogP contribution is -2.56. The molecular formula is C18H35NO2. The maximum absolute atomic E-state index is 6.37. The molecule has 0 bridgehead atoms. The zero-order valence-electron chi connectivity index (χ0n) is 14.6. The van der Waals surface area contributed by atoms with Crippen molar-refractivity contribution >= 4 is 0 Å². The van der Waals surface area contributed by atoms with Crippen molar-refractivity contribution in [2.24, 2.45) is 5.73 Å². The van der Waals surface area contributed by atoms with Gasteiger partial charge in [-0.15, -0.1) is 0 Å². The van der Waals surface area contributed by atoms with Crippen LogP contribution in [0, 0.1) is 0 Å². The Morgan fingerprint density at radius 1 is 0.905 bits per heavy atom. The lowest BCUT2D eigenvalue weighted by Gasteiger charge is -2.35. The van der Waals surface area contributed by atoms with E-state index in [-0.39, 0.29) is 12.2 Å². The second-order valence-electron chi connectivity index (χ2n) is 5.95. The van der Waals surface area contributed by atoms with Gasteiger partial charge < -0.3 is 15.2 Å². The molecule has 0 fully saturated rings. The first-order chi connectivity index (χ1) is 9.96. The number of hydrogen-bond acceptors (Lipinski definition) is 3. The van der Waals surface area contributed by atoms with Crippen LogP contribution in [0.15, 0.2) is 24.7 Å². The molecule has 0 amide bonds. The van der Waals surface area contributed by atoms with Crippen molar-refractivity contribution in [2.75, 3.05) is 0 Å². The van der Waals surface area contributed by atoms with Gasteiger partial charge in [-0.3, -0.25) is 0 Å². The van der Waals surface area contributed by atoms with E-state index < -0.39 is 5.54 Å². The quantitative estimate of drug-likeness (QED) is 0.410. The Morgan fingerprint density at radius 3 is 1.62 bits per heavy atom. The molecule has 0 spiro atoms. The molecule has 0 saturated carbocycles. The first-order valence-electron chi connectivity index (χ1n) is 8.36. The van der Waals surface area contributed by atoms with Crippen LogP contribution in [0.3, 0.4) is 0 Å². The van der Waals surface area contributed by atoms with E-state index in [2.05, 4.69) is 26.0 Å². The Balaban J connectivity index is 4.17. The van der Waals surface area contributed by atoms with E-state index in [0.717, 1.165) is 12.8 Å². The summed E-state index contributed by atoms with van der Waals surface area (Å²) >= 11 is 0. The third kappa shape index (κ3) is 8.82. The van der Waals surface area contributed by atoms with Crippen LogP contribution in [0.4, 0.5) is 0 Å². The van der Waals surface area contributed by atoms with Crippen molar-refractivity contribution in [1.82, 2.24) is 0 Å². The zero-order valence-corrected chi connectivity index (χ0v) is 14.6. The zero-order chi connectivity index (χ0) is 16.1. The molecule has 2 unspecified atom stereocenters. The van der Waals surface area contributed by atoms with Gasteiger partial charge in [0.25, 0.3) is 0 Å². The summed E-state index contributed by atoms with van der Waals surface area (Å²) in [6, 6.07) is 0. The summed E-state index contributed by atoms with van der Waals surface area (Å²) in [5, 5.41) is 0. The normalized spacial score (nSPS) is 17.8. The molecule has 0 aromatic rings. The smallest absolute Gasteiger partial charge is 0.116 e. The Hall–Kier alpha value is -0.960. The standard InChI is InChI=1S/C18H35NO2/c1-6-8-10-12-14-20-16(3)18(5,19)17(4)21-15-13-11-9-7-2/h12-17H,6-11,19H2,1-5H3. The minimum absolute atomic E-state index is 0.102. The van der Waals surface area contributed by atoms with Gasteiger partial charge in [0, 0.05) is 0 Å². The molecule has 3 nitrogen and oxygen atoms in total. The van der Waals surface area contributed by atoms with Gasteiger partial charge in [-0.25, -0.2) is 0 Å². The largest absolute Gasteiger partial charge is 0.497 e. The van der Waals surface area contributed by atoms with Crippen LogP contribution in [-0.2, 0) is 9.47 Å². The van der Waals surface area contributed by atoms with Crippen LogP contribution in [0.5, 0.6) is 0 Å². The first kappa shape index (κ1) is 20.0. The molecule has 124 valence electrons. The molecule has 0 aliphatic rings. The van der Waals surface area contributed by atoms with E-state index in [0.29, 0.717) is 0 Å². The van der Waals surface area contributed by atoms with Crippen LogP contribution >= 0.6 is 0 Å². The predicted octanol–water partition coefficient (Wildman–Crippen LogP) is 4.92. The van der Waals surface area contributed by atoms with Crippen LogP contribution in [0.1, 0.15) is 73.1 Å². The fraction of sp³-hybridized carbons (Fsp3) is 0.778. The van der Waals surface area contributed by atoms with E-state index >= 15 is 0 Å². The third-order valence-corrected chi connectivity index (χ3v) is 3.96. The molecule has 0 aliphatic heterocycles. The van der Waals surface area contributed by atoms with Crippen molar-refractivity contribution in [3.63, 3.8) is 0 Å². The topological polar surface area (TPSA) is 44.5 Å². The summed E-state index contributed by atoms with van der Waals surface area (Å²) in [6.45, 7) is 10.3. The van der Waals surface area contributed by atoms with Gasteiger partial charge in [0.1, 0.15) is 12.2 Å². The summed E-state index contributed by atoms with van der Waals surface area (Å²) in [6.07, 6.45) is 14.3. The molecule has 0 aromatic heterocycles. The summed E-state index contributed by atoms with van der Waals surface area (Å²) in [5.74, 6) is 0. The van der Waals surface area contributed by atoms with Gasteiger partial charge in [-0.2, -0.15) is 0 Å². The summed E-state index contributed by atoms with van der Waals surface area (Å²) in [7, 11) is 0. The lowest BCUT2D eigenvalue weighted by molar-refractivity contribution is 0.00141. The van der Waals surface area contributed by atoms with Crippen molar-refractivity contribution in [3.05, 3.63) is 24.7 Å². The Morgan fingerprint density at radius 2 is 1.29 bits per heavy atom. The molecule has 0 aromatic carbocycles. The Kier molecular flexibility index (Phi) is 11.1. The number of allylic oxidation sites excluding steroid dienone is 2. The Labute approximate surface area is 131 Å². The fourth-order valence-electron chi connectivity index (χ4n) is 1.75. The van der Waals surface area contributed by atoms with E-state index in [4.69, 9.17) is 15.2 Å². The highest BCUT2D eigenvalue weighted by molar-refractivity contribution is 4.94. The molecule has 0 heterocycles. The SMILES string of the molecule is CCCCC=COC(C)C(C)(N)C(C)OC=CCCCC. The van der Waals surface area contributed by atoms with Gasteiger partial charge in [-0.05, 0) is 58.6 Å². The first-order valence-corrected chi connectivity index (χ1v) is 8.36. The second kappa shape index (κ2) is 11.7. The highest BCUT2D eigenvalue weighted by Crippen LogP contribution is 2.18. The van der Waals surface area contributed by atoms with Gasteiger partial charge in [-0.1, -0.05) is 26.7 Å². The number of unbranched alkanes of at least 4 members (excludes halogenated alkanes) is 4. The summed E-state index contributed by atoms with van der Waals surface area (Å²) in [4.78, 5) is 0. The van der Waals surface area contributed by atoms with Gasteiger partial charge in [0.2, 0.25) is 0 Å². The monoisotopic (exact) mass is 297 g/mol. The van der Waals surface area contributed by atoms with Crippen LogP contribution in [0.2, 0.25) is 0 Å². The predicted molar refractivity (Wildman–Crippen MR) is 91.0 cm³/mol. The minimum atomic E-state index is -0.538. The van der Waals surface area contributed by atoms with Gasteiger partial charge >= 0.3 is 0 Å². The van der Waals surface area contributed by atoms with Crippen molar-refractivity contribution in [1.29, 1.82) is 0 Å². The van der Waals surface area contributed by atoms with E-state index in [1.807, 2.05) is 20.8 Å². The minimum Gasteiger partial charge on any atom is -0.497 e. The highest BCUT2D eigenvalue weighted by atomic mass is 16.5. The summed E-state index contributed by atoms with van der Waals surface area (Å²) < 4.78 is 11.4. The molecule has 0 radical (unpaired) electrons. The van der Waals surface area contributed by atoms with Crippen molar-refractivity contribution in [2.45, 2.75) is 90.9 Å². The molecule has 2 atom stereocenters. The number of nitrogens with two attached hydrogens (primary N) is 1. The average Bonchev–Trinajstić information content (AvgIpc) is 2.46. The van der Waals surface area contributed by atoms with Crippen molar-refractivity contribution in [3.8, 4) is 0 Å². The summed E-state index contributed by atoms with van der Waals surface area (Å²) in [5.41, 5.74) is 5.83. The molecule has 2 N–H and O–H groups in total. The lowest BCUT2D eigenvalue weighted by atomic mass is 9.91. The number of rotatable bonds is 12. The fourth-order valence-corrected chi connectivity index (χ4v) is 1.75. The molecule has 21 heavy (non-hydrogen) atoms. The molecule has 0 aliphatic carbocycles. The van der Waals surface area contributed by atoms with E-state index in [9.17, 15) is 0 Å². The Bertz CT molecular complexity index is 270. The number of hydrogen-bond donors (Lipinski definition) is 1. The van der Waals surface area contributed by atoms with E-state index in [1.54, 1.807) is 12.5 Å². The van der Waals surface area contributed by atoms with Crippen molar-refractivity contribution < 1.29 is 9.47 Å². The maximum atomic E-state index is 6.37. The molecule has 0 saturated heterocycles. The second-order valence-corrected chi connectivity index (χ2v) is 5.95. The maximum Gasteiger partial charge on any atom is 0.116 e. The average molecular weight is 297 g/mol. The van der Waals surface area contributed by atoms with Crippen LogP contribution in [-0.4, -0.2) is 17.7 Å². The number of ether oxygens (including phenoxy) is 2. The third-order valence-electron chi connectivity index (χ3n) is 3.96. The van der Waals surface area contributed by atoms with Gasteiger partial charge in [0.15, 0.2) is 0 Å². The van der Waals surface area contributed by atoms with E-state index in [1.165, 1.54) is 25.7 Å².